The van der Waals surface area contributed by atoms with Crippen molar-refractivity contribution < 1.29 is 14.3 Å². The minimum atomic E-state index is -0.755. The molecule has 10 heteroatoms. The van der Waals surface area contributed by atoms with Gasteiger partial charge in [-0.3, -0.25) is 9.36 Å². The molecule has 0 spiro atoms. The van der Waals surface area contributed by atoms with Gasteiger partial charge in [-0.2, -0.15) is 5.26 Å². The Kier molecular flexibility index (Phi) is 9.63. The number of nitrogens with zero attached hydrogens (tertiary/aromatic N) is 3. The van der Waals surface area contributed by atoms with Crippen molar-refractivity contribution >= 4 is 67.6 Å². The van der Waals surface area contributed by atoms with Crippen LogP contribution in [0, 0.1) is 14.9 Å². The van der Waals surface area contributed by atoms with Gasteiger partial charge in [-0.1, -0.05) is 106 Å². The first-order valence-corrected chi connectivity index (χ1v) is 17.0. The van der Waals surface area contributed by atoms with E-state index in [-0.39, 0.29) is 18.8 Å². The number of carbonyl (C=O) groups is 1. The van der Waals surface area contributed by atoms with Gasteiger partial charge in [-0.15, -0.1) is 0 Å². The molecule has 2 heterocycles. The molecule has 1 aliphatic rings. The van der Waals surface area contributed by atoms with Crippen molar-refractivity contribution in [2.45, 2.75) is 19.6 Å². The summed E-state index contributed by atoms with van der Waals surface area (Å²) in [5.74, 6) is 0.0577. The van der Waals surface area contributed by atoms with E-state index >= 15 is 0 Å². The average molecular weight is 802 g/mol. The maximum absolute atomic E-state index is 14.3. The second-order valence-electron chi connectivity index (χ2n) is 10.2. The van der Waals surface area contributed by atoms with E-state index in [1.165, 1.54) is 11.3 Å². The first-order valence-electron chi connectivity index (χ1n) is 14.3. The summed E-state index contributed by atoms with van der Waals surface area (Å²) < 4.78 is 15.5. The maximum Gasteiger partial charge on any atom is 0.338 e. The summed E-state index contributed by atoms with van der Waals surface area (Å²) >= 11 is 7.04. The summed E-state index contributed by atoms with van der Waals surface area (Å²) in [6.45, 7) is 2.12. The molecule has 0 bridgehead atoms. The van der Waals surface area contributed by atoms with E-state index in [0.29, 0.717) is 37.5 Å². The van der Waals surface area contributed by atoms with Crippen molar-refractivity contribution in [1.29, 1.82) is 5.26 Å². The van der Waals surface area contributed by atoms with Gasteiger partial charge >= 0.3 is 5.97 Å². The number of esters is 1. The number of hydrogen-bond donors (Lipinski definition) is 0. The molecular weight excluding hydrogens is 777 g/mol. The Hall–Kier alpha value is -4.31. The fourth-order valence-electron chi connectivity index (χ4n) is 5.28. The zero-order chi connectivity index (χ0) is 32.2. The molecule has 7 nitrogen and oxygen atoms in total. The minimum Gasteiger partial charge on any atom is -0.487 e. The molecule has 0 saturated heterocycles. The van der Waals surface area contributed by atoms with Gasteiger partial charge in [0.05, 0.1) is 43.7 Å². The number of nitriles is 1. The van der Waals surface area contributed by atoms with Crippen LogP contribution in [0.4, 0.5) is 0 Å². The summed E-state index contributed by atoms with van der Waals surface area (Å²) in [6, 6.07) is 31.5. The van der Waals surface area contributed by atoms with Crippen LogP contribution in [-0.4, -0.2) is 17.1 Å². The van der Waals surface area contributed by atoms with Crippen LogP contribution >= 0.6 is 49.9 Å². The molecule has 0 N–H and O–H groups in total. The quantitative estimate of drug-likeness (QED) is 0.128. The Balaban J connectivity index is 1.55. The molecule has 0 aliphatic carbocycles. The van der Waals surface area contributed by atoms with Crippen LogP contribution in [0.2, 0.25) is 0 Å². The molecule has 0 radical (unpaired) electrons. The zero-order valence-electron chi connectivity index (χ0n) is 24.4. The van der Waals surface area contributed by atoms with Crippen molar-refractivity contribution in [2.75, 3.05) is 6.61 Å². The summed E-state index contributed by atoms with van der Waals surface area (Å²) in [6.07, 6.45) is 1.79. The summed E-state index contributed by atoms with van der Waals surface area (Å²) in [4.78, 5) is 33.4. The highest BCUT2D eigenvalue weighted by atomic mass is 127. The van der Waals surface area contributed by atoms with Crippen LogP contribution in [0.3, 0.4) is 0 Å². The van der Waals surface area contributed by atoms with Gasteiger partial charge in [-0.05, 0) is 59.4 Å². The Bertz CT molecular complexity index is 2210. The number of hydrogen-bond acceptors (Lipinski definition) is 7. The van der Waals surface area contributed by atoms with Crippen LogP contribution in [0.15, 0.2) is 117 Å². The van der Waals surface area contributed by atoms with Crippen LogP contribution in [0.1, 0.15) is 40.8 Å². The Morgan fingerprint density at radius 2 is 1.76 bits per heavy atom. The van der Waals surface area contributed by atoms with Gasteiger partial charge in [0.2, 0.25) is 0 Å². The number of thiazole rings is 1. The highest BCUT2D eigenvalue weighted by molar-refractivity contribution is 14.1. The Morgan fingerprint density at radius 1 is 1.07 bits per heavy atom. The molecule has 0 saturated carbocycles. The molecule has 1 aliphatic heterocycles. The predicted molar refractivity (Wildman–Crippen MR) is 190 cm³/mol. The SMILES string of the molecule is CCOC(=O)C1=C(c2ccccc2)N=c2s/c(=C\c3cc(Br)cc(I)c3OCc3ccccc3C#N)c(=O)n2[C@H]1c1ccccc1. The molecule has 0 fully saturated rings. The van der Waals surface area contributed by atoms with E-state index in [9.17, 15) is 14.9 Å². The Labute approximate surface area is 291 Å². The molecule has 0 unspecified atom stereocenters. The van der Waals surface area contributed by atoms with Crippen LogP contribution < -0.4 is 19.6 Å². The largest absolute Gasteiger partial charge is 0.487 e. The first kappa shape index (κ1) is 31.7. The van der Waals surface area contributed by atoms with Crippen LogP contribution in [-0.2, 0) is 16.1 Å². The van der Waals surface area contributed by atoms with Crippen LogP contribution in [0.5, 0.6) is 5.75 Å². The second-order valence-corrected chi connectivity index (χ2v) is 13.3. The van der Waals surface area contributed by atoms with E-state index in [2.05, 4.69) is 44.6 Å². The molecular formula is C36H25BrIN3O4S. The summed E-state index contributed by atoms with van der Waals surface area (Å²) in [7, 11) is 0. The highest BCUT2D eigenvalue weighted by Crippen LogP contribution is 2.35. The number of fused-ring (bicyclic) bond motifs is 1. The number of halogens is 2. The van der Waals surface area contributed by atoms with E-state index in [1.807, 2.05) is 91.0 Å². The summed E-state index contributed by atoms with van der Waals surface area (Å²) in [5.41, 5.74) is 3.98. The normalized spacial score (nSPS) is 14.3. The van der Waals surface area contributed by atoms with E-state index in [4.69, 9.17) is 14.5 Å². The summed E-state index contributed by atoms with van der Waals surface area (Å²) in [5, 5.41) is 9.55. The Morgan fingerprint density at radius 3 is 2.48 bits per heavy atom. The fraction of sp³-hybridized carbons (Fsp3) is 0.111. The van der Waals surface area contributed by atoms with Crippen LogP contribution in [0.25, 0.3) is 11.8 Å². The lowest BCUT2D eigenvalue weighted by Crippen LogP contribution is -2.40. The molecule has 228 valence electrons. The van der Waals surface area contributed by atoms with Gasteiger partial charge in [0, 0.05) is 21.2 Å². The topological polar surface area (TPSA) is 93.7 Å². The average Bonchev–Trinajstić information content (AvgIpc) is 3.38. The maximum atomic E-state index is 14.3. The number of benzene rings is 4. The monoisotopic (exact) mass is 801 g/mol. The van der Waals surface area contributed by atoms with E-state index in [1.54, 1.807) is 23.6 Å². The molecule has 6 rings (SSSR count). The number of rotatable bonds is 8. The third-order valence-corrected chi connectivity index (χ3v) is 9.56. The lowest BCUT2D eigenvalue weighted by atomic mass is 9.93. The van der Waals surface area contributed by atoms with Crippen molar-refractivity contribution in [1.82, 2.24) is 4.57 Å². The molecule has 1 aromatic heterocycles. The van der Waals surface area contributed by atoms with Crippen molar-refractivity contribution in [3.8, 4) is 11.8 Å². The van der Waals surface area contributed by atoms with Gasteiger partial charge in [0.15, 0.2) is 4.80 Å². The third kappa shape index (κ3) is 6.35. The number of aromatic nitrogens is 1. The van der Waals surface area contributed by atoms with Crippen molar-refractivity contribution in [2.24, 2.45) is 4.99 Å². The molecule has 46 heavy (non-hydrogen) atoms. The molecule has 4 aromatic carbocycles. The predicted octanol–water partition coefficient (Wildman–Crippen LogP) is 6.75. The molecule has 5 aromatic rings. The molecule has 1 atom stereocenters. The van der Waals surface area contributed by atoms with Crippen molar-refractivity contribution in [3.05, 3.63) is 158 Å². The standard InChI is InChI=1S/C36H25BrIN3O4S/c1-2-44-35(43)30-31(22-11-5-3-6-12-22)40-36-41(32(30)23-13-7-4-8-14-23)34(42)29(46-36)18-26-17-27(37)19-28(38)33(26)45-21-25-16-10-9-15-24(25)20-39/h3-19,32H,2,21H2,1H3/b29-18-/t32-/m0/s1. The highest BCUT2D eigenvalue weighted by Gasteiger charge is 2.35. The van der Waals surface area contributed by atoms with Gasteiger partial charge in [-0.25, -0.2) is 9.79 Å². The lowest BCUT2D eigenvalue weighted by Gasteiger charge is -2.25. The van der Waals surface area contributed by atoms with E-state index in [0.717, 1.165) is 24.7 Å². The van der Waals surface area contributed by atoms with Gasteiger partial charge in [0.25, 0.3) is 5.56 Å². The number of carbonyl (C=O) groups excluding carboxylic acids is 1. The second kappa shape index (κ2) is 14.0. The minimum absolute atomic E-state index is 0.180. The first-order chi connectivity index (χ1) is 22.4. The van der Waals surface area contributed by atoms with Gasteiger partial charge in [0.1, 0.15) is 12.4 Å². The van der Waals surface area contributed by atoms with Gasteiger partial charge < -0.3 is 9.47 Å². The molecule has 0 amide bonds. The lowest BCUT2D eigenvalue weighted by molar-refractivity contribution is -0.138. The van der Waals surface area contributed by atoms with Crippen molar-refractivity contribution in [3.63, 3.8) is 0 Å². The van der Waals surface area contributed by atoms with E-state index < -0.39 is 12.0 Å². The smallest absolute Gasteiger partial charge is 0.338 e. The number of ether oxygens (including phenoxy) is 2. The third-order valence-electron chi connectivity index (χ3n) is 7.32. The zero-order valence-corrected chi connectivity index (χ0v) is 29.0. The fourth-order valence-corrected chi connectivity index (χ4v) is 7.98.